The summed E-state index contributed by atoms with van der Waals surface area (Å²) >= 11 is 8.85. The van der Waals surface area contributed by atoms with E-state index in [1.165, 1.54) is 0 Å². The average Bonchev–Trinajstić information content (AvgIpc) is 2.36. The van der Waals surface area contributed by atoms with E-state index in [-0.39, 0.29) is 11.2 Å². The maximum atomic E-state index is 13.4. The summed E-state index contributed by atoms with van der Waals surface area (Å²) < 4.78 is 24.3. The zero-order valence-electron chi connectivity index (χ0n) is 9.15. The van der Waals surface area contributed by atoms with Gasteiger partial charge in [0, 0.05) is 0 Å². The molecule has 0 N–H and O–H groups in total. The Labute approximate surface area is 116 Å². The molecule has 18 heavy (non-hydrogen) atoms. The van der Waals surface area contributed by atoms with E-state index in [9.17, 15) is 4.39 Å². The summed E-state index contributed by atoms with van der Waals surface area (Å²) in [6.45, 7) is 0. The molecule has 4 nitrogen and oxygen atoms in total. The first-order chi connectivity index (χ1) is 8.60. The van der Waals surface area contributed by atoms with E-state index in [0.717, 1.165) is 6.20 Å². The van der Waals surface area contributed by atoms with Gasteiger partial charge < -0.3 is 9.47 Å². The van der Waals surface area contributed by atoms with E-state index in [0.29, 0.717) is 16.0 Å². The average molecular weight is 334 g/mol. The Balaban J connectivity index is 2.31. The van der Waals surface area contributed by atoms with Crippen molar-refractivity contribution in [3.8, 4) is 17.4 Å². The van der Waals surface area contributed by atoms with E-state index in [2.05, 4.69) is 25.9 Å². The number of hydrogen-bond donors (Lipinski definition) is 0. The van der Waals surface area contributed by atoms with Crippen LogP contribution in [0.15, 0.2) is 28.9 Å². The highest BCUT2D eigenvalue weighted by Gasteiger charge is 2.11. The summed E-state index contributed by atoms with van der Waals surface area (Å²) in [5.74, 6) is 0.114. The molecule has 0 bridgehead atoms. The van der Waals surface area contributed by atoms with Crippen LogP contribution in [0.5, 0.6) is 17.4 Å². The summed E-state index contributed by atoms with van der Waals surface area (Å²) in [4.78, 5) is 7.16. The van der Waals surface area contributed by atoms with Crippen molar-refractivity contribution in [1.82, 2.24) is 9.97 Å². The molecule has 0 amide bonds. The standard InChI is InChI=1S/C11H7BrClFN2O2/c1-17-6-2-3-9(7(12)4-6)18-10-8(14)5-15-11(13)16-10/h2-5H,1H3. The summed E-state index contributed by atoms with van der Waals surface area (Å²) in [7, 11) is 1.55. The summed E-state index contributed by atoms with van der Waals surface area (Å²) in [6, 6.07) is 5.00. The molecule has 1 aromatic heterocycles. The normalized spacial score (nSPS) is 10.2. The van der Waals surface area contributed by atoms with Crippen LogP contribution in [0.25, 0.3) is 0 Å². The van der Waals surface area contributed by atoms with Crippen LogP contribution in [0.1, 0.15) is 0 Å². The molecule has 94 valence electrons. The predicted octanol–water partition coefficient (Wildman–Crippen LogP) is 3.83. The number of hydrogen-bond acceptors (Lipinski definition) is 4. The fourth-order valence-electron chi connectivity index (χ4n) is 1.20. The minimum atomic E-state index is -0.692. The second kappa shape index (κ2) is 5.49. The van der Waals surface area contributed by atoms with Crippen molar-refractivity contribution in [2.45, 2.75) is 0 Å². The molecule has 2 aromatic rings. The van der Waals surface area contributed by atoms with Crippen molar-refractivity contribution in [3.63, 3.8) is 0 Å². The molecule has 0 aliphatic heterocycles. The highest BCUT2D eigenvalue weighted by atomic mass is 79.9. The quantitative estimate of drug-likeness (QED) is 0.801. The van der Waals surface area contributed by atoms with Gasteiger partial charge in [0.15, 0.2) is 0 Å². The van der Waals surface area contributed by atoms with E-state index in [1.54, 1.807) is 25.3 Å². The Morgan fingerprint density at radius 2 is 2.17 bits per heavy atom. The fraction of sp³-hybridized carbons (Fsp3) is 0.0909. The summed E-state index contributed by atoms with van der Waals surface area (Å²) in [6.07, 6.45) is 0.947. The van der Waals surface area contributed by atoms with Gasteiger partial charge in [-0.25, -0.2) is 4.98 Å². The van der Waals surface area contributed by atoms with Crippen molar-refractivity contribution in [3.05, 3.63) is 40.0 Å². The van der Waals surface area contributed by atoms with Gasteiger partial charge in [-0.2, -0.15) is 9.37 Å². The van der Waals surface area contributed by atoms with Crippen LogP contribution >= 0.6 is 27.5 Å². The van der Waals surface area contributed by atoms with Gasteiger partial charge in [-0.15, -0.1) is 0 Å². The van der Waals surface area contributed by atoms with Crippen LogP contribution in [0.3, 0.4) is 0 Å². The molecule has 0 saturated carbocycles. The molecule has 0 unspecified atom stereocenters. The summed E-state index contributed by atoms with van der Waals surface area (Å²) in [5, 5.41) is -0.0870. The molecule has 0 fully saturated rings. The first kappa shape index (κ1) is 13.0. The van der Waals surface area contributed by atoms with Gasteiger partial charge in [0.25, 0.3) is 5.88 Å². The second-order valence-electron chi connectivity index (χ2n) is 3.19. The Kier molecular flexibility index (Phi) is 3.98. The molecule has 1 aromatic carbocycles. The van der Waals surface area contributed by atoms with Gasteiger partial charge in [0.05, 0.1) is 17.8 Å². The van der Waals surface area contributed by atoms with Crippen molar-refractivity contribution in [1.29, 1.82) is 0 Å². The Hall–Kier alpha value is -1.40. The SMILES string of the molecule is COc1ccc(Oc2nc(Cl)ncc2F)c(Br)c1. The van der Waals surface area contributed by atoms with E-state index in [4.69, 9.17) is 21.1 Å². The number of ether oxygens (including phenoxy) is 2. The lowest BCUT2D eigenvalue weighted by atomic mass is 10.3. The van der Waals surface area contributed by atoms with Gasteiger partial charge in [-0.1, -0.05) is 0 Å². The molecule has 0 saturated heterocycles. The maximum Gasteiger partial charge on any atom is 0.260 e. The third kappa shape index (κ3) is 2.88. The second-order valence-corrected chi connectivity index (χ2v) is 4.38. The van der Waals surface area contributed by atoms with Crippen molar-refractivity contribution < 1.29 is 13.9 Å². The highest BCUT2D eigenvalue weighted by Crippen LogP contribution is 2.32. The number of methoxy groups -OCH3 is 1. The van der Waals surface area contributed by atoms with Gasteiger partial charge in [0.1, 0.15) is 11.5 Å². The van der Waals surface area contributed by atoms with Crippen LogP contribution in [0.2, 0.25) is 5.28 Å². The zero-order chi connectivity index (χ0) is 13.1. The lowest BCUT2D eigenvalue weighted by Gasteiger charge is -2.08. The minimum Gasteiger partial charge on any atom is -0.497 e. The third-order valence-electron chi connectivity index (χ3n) is 2.03. The van der Waals surface area contributed by atoms with Gasteiger partial charge in [-0.05, 0) is 45.7 Å². The fourth-order valence-corrected chi connectivity index (χ4v) is 1.76. The van der Waals surface area contributed by atoms with E-state index in [1.807, 2.05) is 0 Å². The molecule has 0 atom stereocenters. The number of halogens is 3. The van der Waals surface area contributed by atoms with E-state index >= 15 is 0 Å². The Morgan fingerprint density at radius 3 is 2.83 bits per heavy atom. The third-order valence-corrected chi connectivity index (χ3v) is 2.83. The molecule has 0 spiro atoms. The first-order valence-corrected chi connectivity index (χ1v) is 5.96. The first-order valence-electron chi connectivity index (χ1n) is 4.79. The molecule has 0 radical (unpaired) electrons. The molecular weight excluding hydrogens is 326 g/mol. The van der Waals surface area contributed by atoms with Crippen LogP contribution in [0.4, 0.5) is 4.39 Å². The Bertz CT molecular complexity index is 583. The molecule has 1 heterocycles. The van der Waals surface area contributed by atoms with Gasteiger partial charge in [0.2, 0.25) is 11.1 Å². The zero-order valence-corrected chi connectivity index (χ0v) is 11.5. The lowest BCUT2D eigenvalue weighted by Crippen LogP contribution is -1.95. The van der Waals surface area contributed by atoms with Crippen molar-refractivity contribution >= 4 is 27.5 Å². The topological polar surface area (TPSA) is 44.2 Å². The highest BCUT2D eigenvalue weighted by molar-refractivity contribution is 9.10. The minimum absolute atomic E-state index is 0.0870. The molecule has 7 heteroatoms. The lowest BCUT2D eigenvalue weighted by molar-refractivity contribution is 0.405. The predicted molar refractivity (Wildman–Crippen MR) is 67.8 cm³/mol. The Morgan fingerprint density at radius 1 is 1.39 bits per heavy atom. The van der Waals surface area contributed by atoms with Crippen LogP contribution in [-0.4, -0.2) is 17.1 Å². The number of rotatable bonds is 3. The maximum absolute atomic E-state index is 13.4. The molecule has 2 rings (SSSR count). The van der Waals surface area contributed by atoms with Gasteiger partial charge >= 0.3 is 0 Å². The van der Waals surface area contributed by atoms with Crippen LogP contribution < -0.4 is 9.47 Å². The monoisotopic (exact) mass is 332 g/mol. The van der Waals surface area contributed by atoms with Crippen molar-refractivity contribution in [2.75, 3.05) is 7.11 Å². The smallest absolute Gasteiger partial charge is 0.260 e. The van der Waals surface area contributed by atoms with Crippen LogP contribution in [-0.2, 0) is 0 Å². The number of benzene rings is 1. The molecule has 0 aliphatic rings. The largest absolute Gasteiger partial charge is 0.497 e. The van der Waals surface area contributed by atoms with Gasteiger partial charge in [-0.3, -0.25) is 0 Å². The summed E-state index contributed by atoms with van der Waals surface area (Å²) in [5.41, 5.74) is 0. The van der Waals surface area contributed by atoms with Crippen LogP contribution in [0, 0.1) is 5.82 Å². The molecule has 0 aliphatic carbocycles. The number of nitrogens with zero attached hydrogens (tertiary/aromatic N) is 2. The number of aromatic nitrogens is 2. The van der Waals surface area contributed by atoms with E-state index < -0.39 is 5.82 Å². The van der Waals surface area contributed by atoms with Crippen molar-refractivity contribution in [2.24, 2.45) is 0 Å². The molecular formula is C11H7BrClFN2O2.